The molecule has 0 amide bonds. The number of aryl methyl sites for hydroxylation is 2. The van der Waals surface area contributed by atoms with E-state index in [0.29, 0.717) is 0 Å². The number of aromatic nitrogens is 2. The molecule has 2 N–H and O–H groups in total. The molecule has 0 spiro atoms. The van der Waals surface area contributed by atoms with Gasteiger partial charge in [-0.1, -0.05) is 32.6 Å². The first kappa shape index (κ1) is 12.1. The lowest BCUT2D eigenvalue weighted by atomic mass is 10.1. The summed E-state index contributed by atoms with van der Waals surface area (Å²) in [6, 6.07) is 0. The number of nitrogens with two attached hydrogens (primary N) is 1. The Hall–Kier alpha value is -0.990. The molecule has 0 unspecified atom stereocenters. The number of imidazole rings is 1. The van der Waals surface area contributed by atoms with Crippen molar-refractivity contribution in [3.05, 3.63) is 17.2 Å². The van der Waals surface area contributed by atoms with Gasteiger partial charge in [0.2, 0.25) is 0 Å². The average molecular weight is 209 g/mol. The van der Waals surface area contributed by atoms with Gasteiger partial charge in [-0.05, 0) is 20.3 Å². The molecule has 0 aliphatic carbocycles. The van der Waals surface area contributed by atoms with E-state index in [1.54, 1.807) is 4.68 Å². The number of rotatable bonds is 6. The van der Waals surface area contributed by atoms with Gasteiger partial charge in [-0.2, -0.15) is 0 Å². The van der Waals surface area contributed by atoms with Crippen LogP contribution in [0.3, 0.4) is 0 Å². The van der Waals surface area contributed by atoms with E-state index < -0.39 is 0 Å². The van der Waals surface area contributed by atoms with Crippen LogP contribution in [0.5, 0.6) is 0 Å². The molecule has 0 aliphatic heterocycles. The van der Waals surface area contributed by atoms with Gasteiger partial charge in [0.1, 0.15) is 5.82 Å². The lowest BCUT2D eigenvalue weighted by Gasteiger charge is -2.02. The Balaban J connectivity index is 2.34. The number of hydrogen-bond donors (Lipinski definition) is 1. The highest BCUT2D eigenvalue weighted by molar-refractivity contribution is 5.14. The predicted molar refractivity (Wildman–Crippen MR) is 64.3 cm³/mol. The Kier molecular flexibility index (Phi) is 4.66. The third-order valence-corrected chi connectivity index (χ3v) is 2.96. The summed E-state index contributed by atoms with van der Waals surface area (Å²) in [6.45, 7) is 6.27. The monoisotopic (exact) mass is 209 g/mol. The number of hydrogen-bond acceptors (Lipinski definition) is 2. The van der Waals surface area contributed by atoms with Crippen molar-refractivity contribution >= 4 is 0 Å². The Morgan fingerprint density at radius 3 is 2.33 bits per heavy atom. The van der Waals surface area contributed by atoms with Crippen molar-refractivity contribution in [2.75, 3.05) is 5.84 Å². The molecule has 0 aromatic carbocycles. The lowest BCUT2D eigenvalue weighted by Crippen LogP contribution is -2.14. The van der Waals surface area contributed by atoms with Gasteiger partial charge in [0.05, 0.1) is 11.4 Å². The highest BCUT2D eigenvalue weighted by Gasteiger charge is 2.07. The Morgan fingerprint density at radius 2 is 1.80 bits per heavy atom. The topological polar surface area (TPSA) is 43.8 Å². The fourth-order valence-corrected chi connectivity index (χ4v) is 1.76. The number of unbranched alkanes of at least 4 members (excludes halogenated alkanes) is 4. The molecule has 15 heavy (non-hydrogen) atoms. The van der Waals surface area contributed by atoms with Gasteiger partial charge in [0, 0.05) is 6.42 Å². The maximum absolute atomic E-state index is 5.90. The Bertz CT molecular complexity index is 302. The highest BCUT2D eigenvalue weighted by atomic mass is 15.3. The van der Waals surface area contributed by atoms with E-state index in [9.17, 15) is 0 Å². The van der Waals surface area contributed by atoms with E-state index in [4.69, 9.17) is 5.84 Å². The molecule has 0 bridgehead atoms. The van der Waals surface area contributed by atoms with Gasteiger partial charge < -0.3 is 5.84 Å². The molecule has 0 saturated heterocycles. The van der Waals surface area contributed by atoms with Crippen molar-refractivity contribution < 1.29 is 0 Å². The van der Waals surface area contributed by atoms with Crippen molar-refractivity contribution in [2.24, 2.45) is 0 Å². The molecule has 1 heterocycles. The first-order valence-electron chi connectivity index (χ1n) is 5.96. The van der Waals surface area contributed by atoms with Gasteiger partial charge in [-0.15, -0.1) is 0 Å². The molecule has 0 atom stereocenters. The zero-order valence-electron chi connectivity index (χ0n) is 10.2. The minimum absolute atomic E-state index is 1.01. The van der Waals surface area contributed by atoms with Crippen LogP contribution < -0.4 is 5.84 Å². The maximum Gasteiger partial charge on any atom is 0.127 e. The summed E-state index contributed by atoms with van der Waals surface area (Å²) in [4.78, 5) is 4.47. The van der Waals surface area contributed by atoms with Gasteiger partial charge in [0.25, 0.3) is 0 Å². The third-order valence-electron chi connectivity index (χ3n) is 2.96. The van der Waals surface area contributed by atoms with Gasteiger partial charge >= 0.3 is 0 Å². The van der Waals surface area contributed by atoms with Crippen LogP contribution >= 0.6 is 0 Å². The standard InChI is InChI=1S/C12H23N3/c1-4-5-6-7-8-9-12-14-10(2)11(3)15(12)13/h4-9,13H2,1-3H3. The zero-order chi connectivity index (χ0) is 11.3. The molecule has 0 fully saturated rings. The second-order valence-corrected chi connectivity index (χ2v) is 4.23. The summed E-state index contributed by atoms with van der Waals surface area (Å²) in [7, 11) is 0. The van der Waals surface area contributed by atoms with Crippen molar-refractivity contribution in [1.29, 1.82) is 0 Å². The van der Waals surface area contributed by atoms with Gasteiger partial charge in [-0.25, -0.2) is 4.98 Å². The smallest absolute Gasteiger partial charge is 0.127 e. The van der Waals surface area contributed by atoms with Crippen molar-refractivity contribution in [3.63, 3.8) is 0 Å². The summed E-state index contributed by atoms with van der Waals surface area (Å²) in [5.74, 6) is 6.93. The van der Waals surface area contributed by atoms with E-state index in [1.165, 1.54) is 32.1 Å². The van der Waals surface area contributed by atoms with Crippen LogP contribution in [0.2, 0.25) is 0 Å². The first-order valence-corrected chi connectivity index (χ1v) is 5.96. The molecule has 86 valence electrons. The molecule has 1 rings (SSSR count). The van der Waals surface area contributed by atoms with Crippen LogP contribution in [0.25, 0.3) is 0 Å². The van der Waals surface area contributed by atoms with Crippen LogP contribution in [0.4, 0.5) is 0 Å². The van der Waals surface area contributed by atoms with Crippen LogP contribution in [0, 0.1) is 13.8 Å². The van der Waals surface area contributed by atoms with Crippen molar-refractivity contribution in [2.45, 2.75) is 59.3 Å². The molecule has 1 aromatic rings. The Labute approximate surface area is 92.7 Å². The minimum atomic E-state index is 1.01. The second kappa shape index (κ2) is 5.79. The fraction of sp³-hybridized carbons (Fsp3) is 0.750. The second-order valence-electron chi connectivity index (χ2n) is 4.23. The van der Waals surface area contributed by atoms with E-state index in [-0.39, 0.29) is 0 Å². The quantitative estimate of drug-likeness (QED) is 0.578. The van der Waals surface area contributed by atoms with E-state index in [1.807, 2.05) is 13.8 Å². The summed E-state index contributed by atoms with van der Waals surface area (Å²) in [6.07, 6.45) is 7.47. The van der Waals surface area contributed by atoms with Crippen LogP contribution in [-0.4, -0.2) is 9.66 Å². The van der Waals surface area contributed by atoms with E-state index in [0.717, 1.165) is 23.6 Å². The third kappa shape index (κ3) is 3.26. The number of nitrogen functional groups attached to an aromatic ring is 1. The minimum Gasteiger partial charge on any atom is -0.338 e. The highest BCUT2D eigenvalue weighted by Crippen LogP contribution is 2.10. The van der Waals surface area contributed by atoms with E-state index >= 15 is 0 Å². The first-order chi connectivity index (χ1) is 7.16. The van der Waals surface area contributed by atoms with Crippen molar-refractivity contribution in [3.8, 4) is 0 Å². The summed E-state index contributed by atoms with van der Waals surface area (Å²) in [5, 5.41) is 0. The molecule has 0 aliphatic rings. The largest absolute Gasteiger partial charge is 0.338 e. The normalized spacial score (nSPS) is 10.9. The zero-order valence-corrected chi connectivity index (χ0v) is 10.2. The molecule has 0 saturated carbocycles. The van der Waals surface area contributed by atoms with Crippen LogP contribution in [-0.2, 0) is 6.42 Å². The van der Waals surface area contributed by atoms with Gasteiger partial charge in [0.15, 0.2) is 0 Å². The van der Waals surface area contributed by atoms with Crippen molar-refractivity contribution in [1.82, 2.24) is 9.66 Å². The van der Waals surface area contributed by atoms with Crippen LogP contribution in [0.15, 0.2) is 0 Å². The van der Waals surface area contributed by atoms with Gasteiger partial charge in [-0.3, -0.25) is 4.68 Å². The Morgan fingerprint density at radius 1 is 1.13 bits per heavy atom. The molecular formula is C12H23N3. The van der Waals surface area contributed by atoms with E-state index in [2.05, 4.69) is 11.9 Å². The molecule has 3 nitrogen and oxygen atoms in total. The average Bonchev–Trinajstić information content (AvgIpc) is 2.46. The fourth-order valence-electron chi connectivity index (χ4n) is 1.76. The molecule has 1 aromatic heterocycles. The SMILES string of the molecule is CCCCCCCc1nc(C)c(C)n1N. The summed E-state index contributed by atoms with van der Waals surface area (Å²) in [5.41, 5.74) is 2.14. The number of nitrogens with zero attached hydrogens (tertiary/aromatic N) is 2. The summed E-state index contributed by atoms with van der Waals surface area (Å²) >= 11 is 0. The predicted octanol–water partition coefficient (Wildman–Crippen LogP) is 2.73. The molecular weight excluding hydrogens is 186 g/mol. The summed E-state index contributed by atoms with van der Waals surface area (Å²) < 4.78 is 1.73. The lowest BCUT2D eigenvalue weighted by molar-refractivity contribution is 0.616. The maximum atomic E-state index is 5.90. The van der Waals surface area contributed by atoms with Crippen LogP contribution in [0.1, 0.15) is 56.2 Å². The molecule has 0 radical (unpaired) electrons. The molecule has 3 heteroatoms.